The summed E-state index contributed by atoms with van der Waals surface area (Å²) in [5.41, 5.74) is 3.94. The van der Waals surface area contributed by atoms with Gasteiger partial charge in [-0.05, 0) is 55.9 Å². The highest BCUT2D eigenvalue weighted by molar-refractivity contribution is 5.50. The molecule has 0 amide bonds. The van der Waals surface area contributed by atoms with Crippen molar-refractivity contribution in [2.75, 3.05) is 23.9 Å². The topological polar surface area (TPSA) is 50.3 Å². The van der Waals surface area contributed by atoms with Crippen molar-refractivity contribution < 1.29 is 4.74 Å². The molecular formula is C21H28N4O. The molecule has 0 spiro atoms. The van der Waals surface area contributed by atoms with E-state index in [4.69, 9.17) is 14.7 Å². The summed E-state index contributed by atoms with van der Waals surface area (Å²) in [7, 11) is 1.73. The molecule has 5 heteroatoms. The normalized spacial score (nSPS) is 17.6. The monoisotopic (exact) mass is 352 g/mol. The Hall–Kier alpha value is -2.30. The van der Waals surface area contributed by atoms with Crippen LogP contribution in [0.2, 0.25) is 0 Å². The van der Waals surface area contributed by atoms with Crippen LogP contribution in [0.15, 0.2) is 24.3 Å². The maximum atomic E-state index is 5.36. The van der Waals surface area contributed by atoms with E-state index < -0.39 is 0 Å². The molecule has 0 unspecified atom stereocenters. The number of aromatic nitrogens is 2. The molecule has 0 bridgehead atoms. The summed E-state index contributed by atoms with van der Waals surface area (Å²) in [5.74, 6) is 3.39. The molecule has 5 nitrogen and oxygen atoms in total. The molecule has 1 aliphatic heterocycles. The van der Waals surface area contributed by atoms with Crippen molar-refractivity contribution in [1.29, 1.82) is 0 Å². The van der Waals surface area contributed by atoms with Crippen molar-refractivity contribution in [2.24, 2.45) is 0 Å². The van der Waals surface area contributed by atoms with Crippen LogP contribution in [-0.4, -0.2) is 29.7 Å². The van der Waals surface area contributed by atoms with Crippen molar-refractivity contribution in [3.8, 4) is 5.75 Å². The maximum absolute atomic E-state index is 5.36. The summed E-state index contributed by atoms with van der Waals surface area (Å²) in [4.78, 5) is 12.0. The van der Waals surface area contributed by atoms with Crippen molar-refractivity contribution in [3.63, 3.8) is 0 Å². The number of fused-ring (bicyclic) bond motifs is 1. The third-order valence-corrected chi connectivity index (χ3v) is 5.47. The Balaban J connectivity index is 1.60. The number of benzene rings is 1. The standard InChI is InChI=1S/C21H28N4O/c1-4-14(2)22-21-23-19(15-5-6-15)12-20(24-21)25-10-9-16-11-18(26-3)8-7-17(16)13-25/h7-8,11-12,14-15H,4-6,9-10,13H2,1-3H3,(H,22,23,24)/t14-/m0/s1. The van der Waals surface area contributed by atoms with E-state index in [1.807, 2.05) is 6.07 Å². The van der Waals surface area contributed by atoms with Gasteiger partial charge in [0, 0.05) is 31.1 Å². The number of nitrogens with one attached hydrogen (secondary N) is 1. The Labute approximate surface area is 155 Å². The van der Waals surface area contributed by atoms with E-state index in [0.29, 0.717) is 12.0 Å². The Kier molecular flexibility index (Phi) is 4.70. The highest BCUT2D eigenvalue weighted by atomic mass is 16.5. The molecule has 2 heterocycles. The van der Waals surface area contributed by atoms with Gasteiger partial charge in [-0.2, -0.15) is 4.98 Å². The number of anilines is 2. The van der Waals surface area contributed by atoms with Gasteiger partial charge in [0.2, 0.25) is 5.95 Å². The minimum Gasteiger partial charge on any atom is -0.497 e. The minimum atomic E-state index is 0.381. The molecule has 4 rings (SSSR count). The Morgan fingerprint density at radius 3 is 2.81 bits per heavy atom. The van der Waals surface area contributed by atoms with E-state index in [9.17, 15) is 0 Å². The van der Waals surface area contributed by atoms with Gasteiger partial charge >= 0.3 is 0 Å². The number of hydrogen-bond donors (Lipinski definition) is 1. The van der Waals surface area contributed by atoms with Gasteiger partial charge in [0.25, 0.3) is 0 Å². The van der Waals surface area contributed by atoms with Crippen molar-refractivity contribution in [1.82, 2.24) is 9.97 Å². The first kappa shape index (κ1) is 17.1. The Bertz CT molecular complexity index is 788. The molecule has 1 atom stereocenters. The molecule has 138 valence electrons. The van der Waals surface area contributed by atoms with E-state index in [1.165, 1.54) is 29.7 Å². The first-order chi connectivity index (χ1) is 12.7. The molecule has 1 aromatic heterocycles. The van der Waals surface area contributed by atoms with E-state index in [-0.39, 0.29) is 0 Å². The fraction of sp³-hybridized carbons (Fsp3) is 0.524. The molecule has 2 aromatic rings. The Morgan fingerprint density at radius 2 is 2.08 bits per heavy atom. The average Bonchev–Trinajstić information content (AvgIpc) is 3.52. The quantitative estimate of drug-likeness (QED) is 0.847. The average molecular weight is 352 g/mol. The lowest BCUT2D eigenvalue weighted by molar-refractivity contribution is 0.413. The van der Waals surface area contributed by atoms with Crippen LogP contribution in [0.5, 0.6) is 5.75 Å². The number of nitrogens with zero attached hydrogens (tertiary/aromatic N) is 3. The molecule has 26 heavy (non-hydrogen) atoms. The highest BCUT2D eigenvalue weighted by Crippen LogP contribution is 2.40. The SMILES string of the molecule is CC[C@H](C)Nc1nc(C2CC2)cc(N2CCc3cc(OC)ccc3C2)n1. The van der Waals surface area contributed by atoms with Crippen molar-refractivity contribution >= 4 is 11.8 Å². The zero-order valence-corrected chi connectivity index (χ0v) is 16.0. The van der Waals surface area contributed by atoms with Crippen LogP contribution in [0.4, 0.5) is 11.8 Å². The number of hydrogen-bond acceptors (Lipinski definition) is 5. The maximum Gasteiger partial charge on any atom is 0.225 e. The van der Waals surface area contributed by atoms with Gasteiger partial charge in [0.15, 0.2) is 0 Å². The van der Waals surface area contributed by atoms with Crippen molar-refractivity contribution in [2.45, 2.75) is 58.0 Å². The summed E-state index contributed by atoms with van der Waals surface area (Å²) in [6.07, 6.45) is 4.58. The second-order valence-electron chi connectivity index (χ2n) is 7.51. The summed E-state index contributed by atoms with van der Waals surface area (Å²) in [5, 5.41) is 3.46. The molecular weight excluding hydrogens is 324 g/mol. The fourth-order valence-corrected chi connectivity index (χ4v) is 3.44. The first-order valence-electron chi connectivity index (χ1n) is 9.72. The van der Waals surface area contributed by atoms with E-state index in [1.54, 1.807) is 7.11 Å². The van der Waals surface area contributed by atoms with Crippen LogP contribution in [-0.2, 0) is 13.0 Å². The van der Waals surface area contributed by atoms with Gasteiger partial charge in [0.05, 0.1) is 12.8 Å². The predicted molar refractivity (Wildman–Crippen MR) is 105 cm³/mol. The predicted octanol–water partition coefficient (Wildman–Crippen LogP) is 4.14. The molecule has 1 saturated carbocycles. The first-order valence-corrected chi connectivity index (χ1v) is 9.72. The lowest BCUT2D eigenvalue weighted by atomic mass is 9.99. The minimum absolute atomic E-state index is 0.381. The van der Waals surface area contributed by atoms with Gasteiger partial charge in [-0.15, -0.1) is 0 Å². The molecule has 1 aliphatic carbocycles. The third kappa shape index (κ3) is 3.62. The largest absolute Gasteiger partial charge is 0.497 e. The summed E-state index contributed by atoms with van der Waals surface area (Å²) >= 11 is 0. The molecule has 0 saturated heterocycles. The third-order valence-electron chi connectivity index (χ3n) is 5.47. The van der Waals surface area contributed by atoms with Crippen LogP contribution >= 0.6 is 0 Å². The second kappa shape index (κ2) is 7.14. The fourth-order valence-electron chi connectivity index (χ4n) is 3.44. The van der Waals surface area contributed by atoms with Crippen LogP contribution in [0, 0.1) is 0 Å². The number of methoxy groups -OCH3 is 1. The molecule has 1 aromatic carbocycles. The van der Waals surface area contributed by atoms with Crippen LogP contribution in [0.25, 0.3) is 0 Å². The molecule has 1 N–H and O–H groups in total. The number of ether oxygens (including phenoxy) is 1. The smallest absolute Gasteiger partial charge is 0.225 e. The highest BCUT2D eigenvalue weighted by Gasteiger charge is 2.28. The Morgan fingerprint density at radius 1 is 1.23 bits per heavy atom. The van der Waals surface area contributed by atoms with Gasteiger partial charge < -0.3 is 15.0 Å². The van der Waals surface area contributed by atoms with E-state index in [2.05, 4.69) is 42.3 Å². The molecule has 2 aliphatic rings. The molecule has 1 fully saturated rings. The van der Waals surface area contributed by atoms with Gasteiger partial charge in [-0.1, -0.05) is 13.0 Å². The lowest BCUT2D eigenvalue weighted by Crippen LogP contribution is -2.31. The van der Waals surface area contributed by atoms with Crippen LogP contribution < -0.4 is 15.0 Å². The lowest BCUT2D eigenvalue weighted by Gasteiger charge is -2.30. The second-order valence-corrected chi connectivity index (χ2v) is 7.51. The van der Waals surface area contributed by atoms with Gasteiger partial charge in [-0.25, -0.2) is 4.98 Å². The summed E-state index contributed by atoms with van der Waals surface area (Å²) < 4.78 is 5.36. The van der Waals surface area contributed by atoms with E-state index in [0.717, 1.165) is 43.4 Å². The van der Waals surface area contributed by atoms with Gasteiger partial charge in [-0.3, -0.25) is 0 Å². The van der Waals surface area contributed by atoms with Crippen LogP contribution in [0.1, 0.15) is 55.8 Å². The number of rotatable bonds is 6. The summed E-state index contributed by atoms with van der Waals surface area (Å²) in [6, 6.07) is 8.98. The zero-order chi connectivity index (χ0) is 18.1. The summed E-state index contributed by atoms with van der Waals surface area (Å²) in [6.45, 7) is 6.23. The van der Waals surface area contributed by atoms with E-state index >= 15 is 0 Å². The van der Waals surface area contributed by atoms with Crippen LogP contribution in [0.3, 0.4) is 0 Å². The van der Waals surface area contributed by atoms with Gasteiger partial charge in [0.1, 0.15) is 11.6 Å². The van der Waals surface area contributed by atoms with Crippen molar-refractivity contribution in [3.05, 3.63) is 41.1 Å². The zero-order valence-electron chi connectivity index (χ0n) is 16.0. The molecule has 0 radical (unpaired) electrons.